The van der Waals surface area contributed by atoms with Crippen molar-refractivity contribution in [3.63, 3.8) is 0 Å². The summed E-state index contributed by atoms with van der Waals surface area (Å²) in [7, 11) is 0. The minimum Gasteiger partial charge on any atom is -0.378 e. The Balaban J connectivity index is 0.781. The first-order valence-electron chi connectivity index (χ1n) is 18.4. The van der Waals surface area contributed by atoms with Crippen LogP contribution in [0, 0.1) is 5.92 Å². The highest BCUT2D eigenvalue weighted by molar-refractivity contribution is 8.00. The largest absolute Gasteiger partial charge is 0.378 e. The Morgan fingerprint density at radius 1 is 0.898 bits per heavy atom. The fraction of sp³-hybridized carbons (Fsp3) is 0.605. The number of ether oxygens (including phenoxy) is 1. The van der Waals surface area contributed by atoms with Crippen molar-refractivity contribution in [1.29, 1.82) is 0 Å². The van der Waals surface area contributed by atoms with E-state index in [0.29, 0.717) is 62.8 Å². The van der Waals surface area contributed by atoms with E-state index in [4.69, 9.17) is 4.74 Å². The second-order valence-corrected chi connectivity index (χ2v) is 15.3. The molecule has 0 bridgehead atoms. The molecule has 6 N–H and O–H groups in total. The van der Waals surface area contributed by atoms with Gasteiger partial charge >= 0.3 is 6.03 Å². The lowest BCUT2D eigenvalue weighted by atomic mass is 9.98. The quantitative estimate of drug-likeness (QED) is 0.0979. The minimum absolute atomic E-state index is 0.0116. The van der Waals surface area contributed by atoms with Crippen LogP contribution in [0.15, 0.2) is 48.5 Å². The van der Waals surface area contributed by atoms with E-state index >= 15 is 0 Å². The smallest absolute Gasteiger partial charge is 0.315 e. The van der Waals surface area contributed by atoms with E-state index in [1.807, 2.05) is 11.8 Å². The van der Waals surface area contributed by atoms with Crippen molar-refractivity contribution in [3.05, 3.63) is 59.7 Å². The van der Waals surface area contributed by atoms with Crippen molar-refractivity contribution in [2.75, 3.05) is 51.7 Å². The van der Waals surface area contributed by atoms with Gasteiger partial charge < -0.3 is 36.6 Å². The lowest BCUT2D eigenvalue weighted by molar-refractivity contribution is -0.121. The number of nitrogens with one attached hydrogen (secondary N) is 6. The molecular formula is C38H54N6O4S. The summed E-state index contributed by atoms with van der Waals surface area (Å²) in [6.07, 6.45) is 8.23. The minimum atomic E-state index is -0.0590. The van der Waals surface area contributed by atoms with Crippen molar-refractivity contribution in [2.24, 2.45) is 5.92 Å². The maximum Gasteiger partial charge on any atom is 0.315 e. The zero-order valence-electron chi connectivity index (χ0n) is 28.6. The monoisotopic (exact) mass is 690 g/mol. The highest BCUT2D eigenvalue weighted by atomic mass is 32.2. The lowest BCUT2D eigenvalue weighted by Gasteiger charge is -2.22. The maximum absolute atomic E-state index is 12.4. The Bertz CT molecular complexity index is 1390. The van der Waals surface area contributed by atoms with Gasteiger partial charge in [0.2, 0.25) is 11.8 Å². The number of piperidine rings is 1. The zero-order chi connectivity index (χ0) is 33.8. The molecule has 10 nitrogen and oxygen atoms in total. The molecular weight excluding hydrogens is 637 g/mol. The highest BCUT2D eigenvalue weighted by Gasteiger charge is 2.42. The predicted molar refractivity (Wildman–Crippen MR) is 196 cm³/mol. The van der Waals surface area contributed by atoms with Gasteiger partial charge in [0.25, 0.3) is 0 Å². The number of benzene rings is 2. The van der Waals surface area contributed by atoms with Crippen molar-refractivity contribution in [1.82, 2.24) is 31.9 Å². The first-order valence-corrected chi connectivity index (χ1v) is 19.5. The summed E-state index contributed by atoms with van der Waals surface area (Å²) < 4.78 is 5.60. The van der Waals surface area contributed by atoms with Gasteiger partial charge in [0.1, 0.15) is 0 Å². The van der Waals surface area contributed by atoms with E-state index < -0.39 is 0 Å². The number of rotatable bonds is 19. The summed E-state index contributed by atoms with van der Waals surface area (Å²) in [4.78, 5) is 36.1. The van der Waals surface area contributed by atoms with Crippen molar-refractivity contribution < 1.29 is 19.1 Å². The normalized spacial score (nSPS) is 24.6. The molecule has 0 spiro atoms. The summed E-state index contributed by atoms with van der Waals surface area (Å²) in [6.45, 7) is 5.20. The fourth-order valence-electron chi connectivity index (χ4n) is 7.36. The summed E-state index contributed by atoms with van der Waals surface area (Å²) in [5.41, 5.74) is 4.96. The van der Waals surface area contributed by atoms with E-state index in [2.05, 4.69) is 80.4 Å². The SMILES string of the molecule is O=C(CCCC[C@@H]1SC[C@@H]2NC(=O)N[C@@H]21)NCCOCCNC(=O)CCc1cccc(-c2ccc([C@@H]3C[C@H]3NCC3CCNCC3)cc2)c1. The molecule has 2 aromatic rings. The number of hydrogen-bond acceptors (Lipinski definition) is 7. The Hall–Kier alpha value is -3.12. The van der Waals surface area contributed by atoms with E-state index in [0.717, 1.165) is 56.1 Å². The van der Waals surface area contributed by atoms with Gasteiger partial charge in [-0.15, -0.1) is 0 Å². The number of unbranched alkanes of at least 4 members (excludes halogenated alkanes) is 1. The molecule has 3 saturated heterocycles. The molecule has 4 amide bonds. The summed E-state index contributed by atoms with van der Waals surface area (Å²) in [6, 6.07) is 18.5. The van der Waals surface area contributed by atoms with Gasteiger partial charge in [0.05, 0.1) is 25.3 Å². The van der Waals surface area contributed by atoms with Crippen LogP contribution in [0.1, 0.15) is 68.4 Å². The molecule has 3 heterocycles. The van der Waals surface area contributed by atoms with Crippen LogP contribution in [-0.2, 0) is 20.7 Å². The number of hydrogen-bond donors (Lipinski definition) is 6. The van der Waals surface area contributed by atoms with Crippen LogP contribution in [0.3, 0.4) is 0 Å². The van der Waals surface area contributed by atoms with Crippen molar-refractivity contribution in [2.45, 2.75) is 87.1 Å². The van der Waals surface area contributed by atoms with Gasteiger partial charge in [-0.3, -0.25) is 9.59 Å². The second-order valence-electron chi connectivity index (χ2n) is 14.1. The highest BCUT2D eigenvalue weighted by Crippen LogP contribution is 2.41. The molecule has 266 valence electrons. The number of amides is 4. The molecule has 0 unspecified atom stereocenters. The van der Waals surface area contributed by atoms with Gasteiger partial charge in [-0.05, 0) is 86.3 Å². The van der Waals surface area contributed by atoms with E-state index in [-0.39, 0.29) is 29.9 Å². The van der Waals surface area contributed by atoms with Crippen molar-refractivity contribution in [3.8, 4) is 11.1 Å². The van der Waals surface area contributed by atoms with Gasteiger partial charge in [-0.2, -0.15) is 11.8 Å². The molecule has 2 aromatic carbocycles. The Morgan fingerprint density at radius 2 is 1.67 bits per heavy atom. The second kappa shape index (κ2) is 18.2. The van der Waals surface area contributed by atoms with Crippen LogP contribution in [0.4, 0.5) is 4.79 Å². The molecule has 0 aromatic heterocycles. The number of carbonyl (C=O) groups is 3. The average Bonchev–Trinajstić information content (AvgIpc) is 3.68. The van der Waals surface area contributed by atoms with E-state index in [9.17, 15) is 14.4 Å². The molecule has 4 aliphatic rings. The number of aryl methyl sites for hydroxylation is 1. The summed E-state index contributed by atoms with van der Waals surface area (Å²) in [5.74, 6) is 2.45. The topological polar surface area (TPSA) is 133 Å². The van der Waals surface area contributed by atoms with Gasteiger partial charge in [-0.1, -0.05) is 55.0 Å². The van der Waals surface area contributed by atoms with Crippen LogP contribution in [-0.4, -0.2) is 92.9 Å². The lowest BCUT2D eigenvalue weighted by Crippen LogP contribution is -2.36. The number of carbonyl (C=O) groups excluding carboxylic acids is 3. The number of thioether (sulfide) groups is 1. The van der Waals surface area contributed by atoms with Crippen LogP contribution >= 0.6 is 11.8 Å². The average molecular weight is 691 g/mol. The van der Waals surface area contributed by atoms with Crippen LogP contribution < -0.4 is 31.9 Å². The standard InChI is InChI=1S/C38H54N6O4S/c45-35(7-2-1-6-34-37-33(25-49-34)43-38(47)44-37)40-18-20-48-21-19-41-36(46)13-8-26-4-3-5-30(22-26)28-9-11-29(12-10-28)31-23-32(31)42-24-27-14-16-39-17-15-27/h3-5,9-12,22,27,31-34,37,39,42H,1-2,6-8,13-21,23-25H2,(H,40,45)(H,41,46)(H2,43,44,47)/t31-,32+,33-,34-,37-/m0/s1. The number of urea groups is 1. The maximum atomic E-state index is 12.4. The molecule has 6 rings (SSSR count). The Morgan fingerprint density at radius 3 is 2.47 bits per heavy atom. The predicted octanol–water partition coefficient (Wildman–Crippen LogP) is 3.71. The van der Waals surface area contributed by atoms with Gasteiger partial charge in [-0.25, -0.2) is 4.79 Å². The van der Waals surface area contributed by atoms with Gasteiger partial charge in [0.15, 0.2) is 0 Å². The van der Waals surface area contributed by atoms with Crippen LogP contribution in [0.5, 0.6) is 0 Å². The van der Waals surface area contributed by atoms with E-state index in [1.165, 1.54) is 36.0 Å². The molecule has 49 heavy (non-hydrogen) atoms. The van der Waals surface area contributed by atoms with Crippen molar-refractivity contribution >= 4 is 29.6 Å². The Kier molecular flexibility index (Phi) is 13.3. The first-order chi connectivity index (χ1) is 24.0. The number of fused-ring (bicyclic) bond motifs is 1. The molecule has 0 radical (unpaired) electrons. The zero-order valence-corrected chi connectivity index (χ0v) is 29.5. The summed E-state index contributed by atoms with van der Waals surface area (Å²) >= 11 is 1.90. The third-order valence-electron chi connectivity index (χ3n) is 10.4. The molecule has 1 aliphatic carbocycles. The third-order valence-corrected chi connectivity index (χ3v) is 11.9. The molecule has 3 aliphatic heterocycles. The Labute approximate surface area is 295 Å². The van der Waals surface area contributed by atoms with Crippen LogP contribution in [0.25, 0.3) is 11.1 Å². The van der Waals surface area contributed by atoms with E-state index in [1.54, 1.807) is 0 Å². The first kappa shape index (κ1) is 35.7. The molecule has 4 fully saturated rings. The third kappa shape index (κ3) is 10.9. The van der Waals surface area contributed by atoms with Gasteiger partial charge in [0, 0.05) is 48.9 Å². The molecule has 5 atom stereocenters. The molecule has 1 saturated carbocycles. The summed E-state index contributed by atoms with van der Waals surface area (Å²) in [5, 5.41) is 19.5. The molecule has 11 heteroatoms. The van der Waals surface area contributed by atoms with Crippen LogP contribution in [0.2, 0.25) is 0 Å². The fourth-order valence-corrected chi connectivity index (χ4v) is 8.90.